The third kappa shape index (κ3) is 2.88. The molecule has 2 rings (SSSR count). The highest BCUT2D eigenvalue weighted by Crippen LogP contribution is 2.12. The summed E-state index contributed by atoms with van der Waals surface area (Å²) in [5.41, 5.74) is 2.51. The molecule has 0 fully saturated rings. The van der Waals surface area contributed by atoms with Crippen molar-refractivity contribution in [1.82, 2.24) is 14.8 Å². The number of nitrogens with zero attached hydrogens (tertiary/aromatic N) is 3. The predicted octanol–water partition coefficient (Wildman–Crippen LogP) is 2.69. The van der Waals surface area contributed by atoms with Crippen molar-refractivity contribution in [3.8, 4) is 0 Å². The molecule has 4 heteroatoms. The standard InChI is InChI=1S/C14H20N4/c1-4-5-12-6-8-13(9-7-12)15-10-14-17-16-11(2)18(14)3/h6-9,15H,4-5,10H2,1-3H3. The van der Waals surface area contributed by atoms with Gasteiger partial charge in [-0.3, -0.25) is 0 Å². The van der Waals surface area contributed by atoms with Crippen LogP contribution in [0.2, 0.25) is 0 Å². The van der Waals surface area contributed by atoms with Gasteiger partial charge in [0.2, 0.25) is 0 Å². The van der Waals surface area contributed by atoms with Crippen molar-refractivity contribution < 1.29 is 0 Å². The van der Waals surface area contributed by atoms with Crippen molar-refractivity contribution in [2.75, 3.05) is 5.32 Å². The first-order chi connectivity index (χ1) is 8.70. The summed E-state index contributed by atoms with van der Waals surface area (Å²) in [4.78, 5) is 0. The Kier molecular flexibility index (Phi) is 3.97. The van der Waals surface area contributed by atoms with E-state index in [0.717, 1.165) is 23.8 Å². The van der Waals surface area contributed by atoms with Gasteiger partial charge in [0.15, 0.2) is 5.82 Å². The molecule has 0 radical (unpaired) electrons. The zero-order valence-electron chi connectivity index (χ0n) is 11.3. The van der Waals surface area contributed by atoms with Crippen molar-refractivity contribution in [1.29, 1.82) is 0 Å². The van der Waals surface area contributed by atoms with Gasteiger partial charge in [0.25, 0.3) is 0 Å². The summed E-state index contributed by atoms with van der Waals surface area (Å²) in [5, 5.41) is 11.5. The Hall–Kier alpha value is -1.84. The maximum Gasteiger partial charge on any atom is 0.152 e. The number of hydrogen-bond acceptors (Lipinski definition) is 3. The average molecular weight is 244 g/mol. The highest BCUT2D eigenvalue weighted by molar-refractivity contribution is 5.44. The van der Waals surface area contributed by atoms with Crippen LogP contribution in [0.1, 0.15) is 30.6 Å². The van der Waals surface area contributed by atoms with Crippen LogP contribution in [0.25, 0.3) is 0 Å². The molecule has 1 aromatic carbocycles. The fourth-order valence-corrected chi connectivity index (χ4v) is 1.86. The van der Waals surface area contributed by atoms with Crippen LogP contribution < -0.4 is 5.32 Å². The fourth-order valence-electron chi connectivity index (χ4n) is 1.86. The van der Waals surface area contributed by atoms with E-state index in [1.165, 1.54) is 12.0 Å². The highest BCUT2D eigenvalue weighted by Gasteiger charge is 2.03. The van der Waals surface area contributed by atoms with Crippen LogP contribution in [0, 0.1) is 6.92 Å². The number of aromatic nitrogens is 3. The van der Waals surface area contributed by atoms with Gasteiger partial charge in [0.1, 0.15) is 5.82 Å². The van der Waals surface area contributed by atoms with Crippen LogP contribution in [0.4, 0.5) is 5.69 Å². The summed E-state index contributed by atoms with van der Waals surface area (Å²) in [6, 6.07) is 8.59. The van der Waals surface area contributed by atoms with Crippen LogP contribution in [0.3, 0.4) is 0 Å². The molecule has 0 unspecified atom stereocenters. The summed E-state index contributed by atoms with van der Waals surface area (Å²) < 4.78 is 2.00. The van der Waals surface area contributed by atoms with Gasteiger partial charge in [0, 0.05) is 12.7 Å². The van der Waals surface area contributed by atoms with Gasteiger partial charge in [-0.05, 0) is 31.0 Å². The molecule has 0 bridgehead atoms. The fraction of sp³-hybridized carbons (Fsp3) is 0.429. The lowest BCUT2D eigenvalue weighted by Crippen LogP contribution is -2.06. The van der Waals surface area contributed by atoms with Crippen LogP contribution in [-0.2, 0) is 20.0 Å². The van der Waals surface area contributed by atoms with E-state index in [0.29, 0.717) is 6.54 Å². The molecule has 1 heterocycles. The summed E-state index contributed by atoms with van der Waals surface area (Å²) >= 11 is 0. The highest BCUT2D eigenvalue weighted by atomic mass is 15.3. The van der Waals surface area contributed by atoms with Gasteiger partial charge in [-0.15, -0.1) is 10.2 Å². The normalized spacial score (nSPS) is 10.6. The molecule has 0 aliphatic heterocycles. The lowest BCUT2D eigenvalue weighted by atomic mass is 10.1. The van der Waals surface area contributed by atoms with Crippen molar-refractivity contribution in [3.05, 3.63) is 41.5 Å². The molecule has 0 saturated heterocycles. The topological polar surface area (TPSA) is 42.7 Å². The maximum absolute atomic E-state index is 4.13. The second-order valence-electron chi connectivity index (χ2n) is 4.52. The molecule has 0 aliphatic rings. The van der Waals surface area contributed by atoms with Crippen LogP contribution in [0.15, 0.2) is 24.3 Å². The average Bonchev–Trinajstić information content (AvgIpc) is 2.70. The third-order valence-corrected chi connectivity index (χ3v) is 3.13. The van der Waals surface area contributed by atoms with Crippen molar-refractivity contribution in [2.45, 2.75) is 33.2 Å². The van der Waals surface area contributed by atoms with Crippen molar-refractivity contribution in [2.24, 2.45) is 7.05 Å². The zero-order valence-corrected chi connectivity index (χ0v) is 11.3. The third-order valence-electron chi connectivity index (χ3n) is 3.13. The van der Waals surface area contributed by atoms with Crippen LogP contribution in [-0.4, -0.2) is 14.8 Å². The molecule has 18 heavy (non-hydrogen) atoms. The zero-order chi connectivity index (χ0) is 13.0. The molecular formula is C14H20N4. The van der Waals surface area contributed by atoms with E-state index in [1.54, 1.807) is 0 Å². The van der Waals surface area contributed by atoms with Gasteiger partial charge in [-0.1, -0.05) is 25.5 Å². The van der Waals surface area contributed by atoms with E-state index in [4.69, 9.17) is 0 Å². The van der Waals surface area contributed by atoms with Gasteiger partial charge < -0.3 is 9.88 Å². The Labute approximate surface area is 108 Å². The second kappa shape index (κ2) is 5.67. The Balaban J connectivity index is 1.96. The first-order valence-corrected chi connectivity index (χ1v) is 6.38. The molecular weight excluding hydrogens is 224 g/mol. The number of benzene rings is 1. The largest absolute Gasteiger partial charge is 0.378 e. The first kappa shape index (κ1) is 12.6. The van der Waals surface area contributed by atoms with Gasteiger partial charge in [-0.25, -0.2) is 0 Å². The van der Waals surface area contributed by atoms with Crippen molar-refractivity contribution in [3.63, 3.8) is 0 Å². The molecule has 0 atom stereocenters. The minimum absolute atomic E-state index is 0.699. The lowest BCUT2D eigenvalue weighted by Gasteiger charge is -2.07. The molecule has 0 saturated carbocycles. The molecule has 0 aliphatic carbocycles. The van der Waals surface area contributed by atoms with Crippen LogP contribution >= 0.6 is 0 Å². The number of hydrogen-bond donors (Lipinski definition) is 1. The number of nitrogens with one attached hydrogen (secondary N) is 1. The molecule has 0 amide bonds. The molecule has 1 N–H and O–H groups in total. The van der Waals surface area contributed by atoms with E-state index in [1.807, 2.05) is 18.5 Å². The molecule has 96 valence electrons. The Morgan fingerprint density at radius 1 is 1.17 bits per heavy atom. The summed E-state index contributed by atoms with van der Waals surface area (Å²) in [7, 11) is 1.98. The Morgan fingerprint density at radius 3 is 2.44 bits per heavy atom. The van der Waals surface area contributed by atoms with Gasteiger partial charge in [-0.2, -0.15) is 0 Å². The summed E-state index contributed by atoms with van der Waals surface area (Å²) in [5.74, 6) is 1.88. The number of anilines is 1. The van der Waals surface area contributed by atoms with Gasteiger partial charge >= 0.3 is 0 Å². The molecule has 0 spiro atoms. The quantitative estimate of drug-likeness (QED) is 0.879. The van der Waals surface area contributed by atoms with Crippen molar-refractivity contribution >= 4 is 5.69 Å². The van der Waals surface area contributed by atoms with E-state index in [2.05, 4.69) is 46.7 Å². The molecule has 2 aromatic rings. The minimum atomic E-state index is 0.699. The second-order valence-corrected chi connectivity index (χ2v) is 4.52. The van der Waals surface area contributed by atoms with E-state index in [9.17, 15) is 0 Å². The summed E-state index contributed by atoms with van der Waals surface area (Å²) in [6.07, 6.45) is 2.33. The molecule has 1 aromatic heterocycles. The molecule has 4 nitrogen and oxygen atoms in total. The minimum Gasteiger partial charge on any atom is -0.378 e. The monoisotopic (exact) mass is 244 g/mol. The Morgan fingerprint density at radius 2 is 1.89 bits per heavy atom. The van der Waals surface area contributed by atoms with E-state index < -0.39 is 0 Å². The number of rotatable bonds is 5. The SMILES string of the molecule is CCCc1ccc(NCc2nnc(C)n2C)cc1. The first-order valence-electron chi connectivity index (χ1n) is 6.38. The van der Waals surface area contributed by atoms with Gasteiger partial charge in [0.05, 0.1) is 6.54 Å². The smallest absolute Gasteiger partial charge is 0.152 e. The van der Waals surface area contributed by atoms with E-state index >= 15 is 0 Å². The van der Waals surface area contributed by atoms with Crippen LogP contribution in [0.5, 0.6) is 0 Å². The predicted molar refractivity (Wildman–Crippen MR) is 73.5 cm³/mol. The lowest BCUT2D eigenvalue weighted by molar-refractivity contribution is 0.789. The summed E-state index contributed by atoms with van der Waals surface area (Å²) in [6.45, 7) is 4.85. The Bertz CT molecular complexity index is 499. The maximum atomic E-state index is 4.13. The number of aryl methyl sites for hydroxylation is 2. The van der Waals surface area contributed by atoms with E-state index in [-0.39, 0.29) is 0 Å².